The molecule has 0 aromatic heterocycles. The molecule has 0 aliphatic carbocycles. The first-order valence-electron chi connectivity index (χ1n) is 3.13. The van der Waals surface area contributed by atoms with Crippen molar-refractivity contribution in [1.82, 2.24) is 0 Å². The summed E-state index contributed by atoms with van der Waals surface area (Å²) in [5.74, 6) is 0.644. The van der Waals surface area contributed by atoms with Gasteiger partial charge in [-0.1, -0.05) is 0 Å². The lowest BCUT2D eigenvalue weighted by Crippen LogP contribution is -1.88. The first-order valence-corrected chi connectivity index (χ1v) is 4.91. The average molecular weight is 234 g/mol. The molecule has 1 aromatic rings. The molecule has 4 heteroatoms. The van der Waals surface area contributed by atoms with Crippen molar-refractivity contribution in [2.75, 3.05) is 11.2 Å². The van der Waals surface area contributed by atoms with Crippen LogP contribution in [0.15, 0.2) is 21.5 Å². The molecule has 0 saturated heterocycles. The Balaban J connectivity index is 2.57. The number of rotatable bonds is 0. The van der Waals surface area contributed by atoms with Crippen LogP contribution in [0.4, 0.5) is 10.1 Å². The van der Waals surface area contributed by atoms with Crippen LogP contribution in [0.1, 0.15) is 0 Å². The maximum Gasteiger partial charge on any atom is 0.138 e. The van der Waals surface area contributed by atoms with E-state index in [0.29, 0.717) is 4.47 Å². The topological polar surface area (TPSA) is 12.0 Å². The van der Waals surface area contributed by atoms with Gasteiger partial charge in [-0.25, -0.2) is 4.39 Å². The van der Waals surface area contributed by atoms with Crippen LogP contribution in [0.5, 0.6) is 0 Å². The molecule has 1 nitrogen and oxygen atoms in total. The standard InChI is InChI=1S/C7H5BrFNS/c8-4-1-6-7(2-5(4)9)11-3-10-6/h1-2,10H,3H2. The number of benzene rings is 1. The zero-order chi connectivity index (χ0) is 7.84. The monoisotopic (exact) mass is 233 g/mol. The fourth-order valence-corrected chi connectivity index (χ4v) is 2.18. The summed E-state index contributed by atoms with van der Waals surface area (Å²) in [7, 11) is 0. The Kier molecular flexibility index (Phi) is 1.81. The van der Waals surface area contributed by atoms with Crippen molar-refractivity contribution in [3.05, 3.63) is 22.4 Å². The van der Waals surface area contributed by atoms with Crippen molar-refractivity contribution in [3.63, 3.8) is 0 Å². The van der Waals surface area contributed by atoms with Gasteiger partial charge in [0.05, 0.1) is 10.3 Å². The number of fused-ring (bicyclic) bond motifs is 1. The molecular weight excluding hydrogens is 229 g/mol. The summed E-state index contributed by atoms with van der Waals surface area (Å²) in [6.07, 6.45) is 0. The summed E-state index contributed by atoms with van der Waals surface area (Å²) >= 11 is 4.74. The summed E-state index contributed by atoms with van der Waals surface area (Å²) < 4.78 is 13.4. The highest BCUT2D eigenvalue weighted by Gasteiger charge is 2.13. The van der Waals surface area contributed by atoms with Crippen LogP contribution < -0.4 is 5.32 Å². The Bertz CT molecular complexity index is 274. The minimum absolute atomic E-state index is 0.194. The van der Waals surface area contributed by atoms with Gasteiger partial charge in [0.2, 0.25) is 0 Å². The largest absolute Gasteiger partial charge is 0.375 e. The summed E-state index contributed by atoms with van der Waals surface area (Å²) in [5, 5.41) is 3.13. The van der Waals surface area contributed by atoms with E-state index >= 15 is 0 Å². The van der Waals surface area contributed by atoms with Crippen LogP contribution in [-0.2, 0) is 0 Å². The second-order valence-electron chi connectivity index (χ2n) is 2.23. The smallest absolute Gasteiger partial charge is 0.138 e. The molecule has 0 radical (unpaired) electrons. The minimum Gasteiger partial charge on any atom is -0.375 e. The van der Waals surface area contributed by atoms with Crippen molar-refractivity contribution < 1.29 is 4.39 Å². The summed E-state index contributed by atoms with van der Waals surface area (Å²) in [5.41, 5.74) is 1.02. The van der Waals surface area contributed by atoms with E-state index in [4.69, 9.17) is 0 Å². The van der Waals surface area contributed by atoms with E-state index in [0.717, 1.165) is 16.5 Å². The SMILES string of the molecule is Fc1cc2c(cc1Br)NCS2. The van der Waals surface area contributed by atoms with Gasteiger partial charge >= 0.3 is 0 Å². The summed E-state index contributed by atoms with van der Waals surface area (Å²) in [6, 6.07) is 3.31. The molecule has 0 spiro atoms. The molecule has 2 rings (SSSR count). The third kappa shape index (κ3) is 1.25. The number of halogens is 2. The fourth-order valence-electron chi connectivity index (χ4n) is 0.978. The molecule has 11 heavy (non-hydrogen) atoms. The van der Waals surface area contributed by atoms with Crippen molar-refractivity contribution in [3.8, 4) is 0 Å². The van der Waals surface area contributed by atoms with Crippen LogP contribution in [0.2, 0.25) is 0 Å². The van der Waals surface area contributed by atoms with E-state index in [1.54, 1.807) is 23.9 Å². The van der Waals surface area contributed by atoms with Crippen molar-refractivity contribution >= 4 is 33.4 Å². The third-order valence-electron chi connectivity index (χ3n) is 1.51. The molecule has 0 atom stereocenters. The number of anilines is 1. The molecule has 0 unspecified atom stereocenters. The van der Waals surface area contributed by atoms with Gasteiger partial charge < -0.3 is 5.32 Å². The van der Waals surface area contributed by atoms with E-state index < -0.39 is 0 Å². The van der Waals surface area contributed by atoms with Gasteiger partial charge in [0.25, 0.3) is 0 Å². The van der Waals surface area contributed by atoms with E-state index in [9.17, 15) is 4.39 Å². The normalized spacial score (nSPS) is 14.4. The zero-order valence-corrected chi connectivity index (χ0v) is 7.93. The number of thioether (sulfide) groups is 1. The van der Waals surface area contributed by atoms with Gasteiger partial charge in [0, 0.05) is 10.6 Å². The zero-order valence-electron chi connectivity index (χ0n) is 5.53. The quantitative estimate of drug-likeness (QED) is 0.740. The Morgan fingerprint density at radius 2 is 2.36 bits per heavy atom. The summed E-state index contributed by atoms with van der Waals surface area (Å²) in [4.78, 5) is 0.991. The van der Waals surface area contributed by atoms with Gasteiger partial charge in [0.15, 0.2) is 0 Å². The Labute approximate surface area is 76.5 Å². The highest BCUT2D eigenvalue weighted by atomic mass is 79.9. The van der Waals surface area contributed by atoms with Gasteiger partial charge in [-0.2, -0.15) is 0 Å². The predicted octanol–water partition coefficient (Wildman–Crippen LogP) is 3.06. The van der Waals surface area contributed by atoms with Gasteiger partial charge in [0.1, 0.15) is 5.82 Å². The molecule has 1 aromatic carbocycles. The number of hydrogen-bond donors (Lipinski definition) is 1. The molecule has 0 bridgehead atoms. The molecule has 1 heterocycles. The second-order valence-corrected chi connectivity index (χ2v) is 4.10. The first kappa shape index (κ1) is 7.43. The maximum atomic E-state index is 12.9. The van der Waals surface area contributed by atoms with E-state index in [1.165, 1.54) is 0 Å². The Hall–Kier alpha value is -0.220. The van der Waals surface area contributed by atoms with Crippen LogP contribution >= 0.6 is 27.7 Å². The minimum atomic E-state index is -0.194. The lowest BCUT2D eigenvalue weighted by Gasteiger charge is -1.99. The van der Waals surface area contributed by atoms with Crippen molar-refractivity contribution in [1.29, 1.82) is 0 Å². The van der Waals surface area contributed by atoms with Crippen LogP contribution in [0, 0.1) is 5.82 Å². The highest BCUT2D eigenvalue weighted by molar-refractivity contribution is 9.10. The maximum absolute atomic E-state index is 12.9. The van der Waals surface area contributed by atoms with Crippen LogP contribution in [0.3, 0.4) is 0 Å². The van der Waals surface area contributed by atoms with E-state index in [-0.39, 0.29) is 5.82 Å². The molecule has 0 saturated carbocycles. The first-order chi connectivity index (χ1) is 5.27. The molecular formula is C7H5BrFNS. The lowest BCUT2D eigenvalue weighted by atomic mass is 10.3. The van der Waals surface area contributed by atoms with Gasteiger partial charge in [-0.15, -0.1) is 11.8 Å². The van der Waals surface area contributed by atoms with Crippen molar-refractivity contribution in [2.24, 2.45) is 0 Å². The third-order valence-corrected chi connectivity index (χ3v) is 3.06. The van der Waals surface area contributed by atoms with Crippen LogP contribution in [0.25, 0.3) is 0 Å². The summed E-state index contributed by atoms with van der Waals surface area (Å²) in [6.45, 7) is 0. The molecule has 0 fully saturated rings. The van der Waals surface area contributed by atoms with E-state index in [1.807, 2.05) is 0 Å². The molecule has 1 aliphatic rings. The second kappa shape index (κ2) is 2.68. The number of nitrogens with one attached hydrogen (secondary N) is 1. The van der Waals surface area contributed by atoms with E-state index in [2.05, 4.69) is 21.2 Å². The molecule has 58 valence electrons. The number of hydrogen-bond acceptors (Lipinski definition) is 2. The lowest BCUT2D eigenvalue weighted by molar-refractivity contribution is 0.618. The van der Waals surface area contributed by atoms with Crippen LogP contribution in [-0.4, -0.2) is 5.88 Å². The van der Waals surface area contributed by atoms with Gasteiger partial charge in [-0.05, 0) is 28.1 Å². The molecule has 1 aliphatic heterocycles. The predicted molar refractivity (Wildman–Crippen MR) is 48.4 cm³/mol. The molecule has 0 amide bonds. The molecule has 1 N–H and O–H groups in total. The fraction of sp³-hybridized carbons (Fsp3) is 0.143. The average Bonchev–Trinajstić information content (AvgIpc) is 2.36. The van der Waals surface area contributed by atoms with Crippen molar-refractivity contribution in [2.45, 2.75) is 4.90 Å². The highest BCUT2D eigenvalue weighted by Crippen LogP contribution is 2.36. The van der Waals surface area contributed by atoms with Gasteiger partial charge in [-0.3, -0.25) is 0 Å². The Morgan fingerprint density at radius 1 is 1.55 bits per heavy atom. The Morgan fingerprint density at radius 3 is 3.18 bits per heavy atom.